The van der Waals surface area contributed by atoms with Gasteiger partial charge >= 0.3 is 0 Å². The summed E-state index contributed by atoms with van der Waals surface area (Å²) in [5.74, 6) is 2.94. The lowest BCUT2D eigenvalue weighted by atomic mass is 9.45. The topological polar surface area (TPSA) is 69.0 Å². The molecule has 1 aromatic heterocycles. The molecular weight excluding hydrogens is 360 g/mol. The van der Waals surface area contributed by atoms with Crippen molar-refractivity contribution in [2.75, 3.05) is 6.26 Å². The molecule has 6 atom stereocenters. The Morgan fingerprint density at radius 1 is 1.15 bits per heavy atom. The van der Waals surface area contributed by atoms with Gasteiger partial charge in [-0.05, 0) is 79.6 Å². The number of aromatic nitrogens is 2. The summed E-state index contributed by atoms with van der Waals surface area (Å²) < 4.78 is 25.0. The second-order valence-electron chi connectivity index (χ2n) is 10.2. The van der Waals surface area contributed by atoms with Gasteiger partial charge < -0.3 is 0 Å². The fourth-order valence-electron chi connectivity index (χ4n) is 7.47. The van der Waals surface area contributed by atoms with Crippen molar-refractivity contribution in [2.24, 2.45) is 34.5 Å². The third-order valence-corrected chi connectivity index (χ3v) is 9.85. The molecule has 1 aromatic rings. The molecule has 27 heavy (non-hydrogen) atoms. The number of Topliss-reactive ketones (excluding diaryl/α,β-unsaturated/α-hetero) is 1. The van der Waals surface area contributed by atoms with Crippen molar-refractivity contribution < 1.29 is 13.2 Å². The highest BCUT2D eigenvalue weighted by atomic mass is 32.2. The van der Waals surface area contributed by atoms with Gasteiger partial charge in [0.25, 0.3) is 10.0 Å². The Labute approximate surface area is 162 Å². The Hall–Kier alpha value is -1.17. The molecule has 1 heterocycles. The van der Waals surface area contributed by atoms with Gasteiger partial charge in [-0.2, -0.15) is 9.19 Å². The van der Waals surface area contributed by atoms with Gasteiger partial charge in [-0.1, -0.05) is 13.8 Å². The van der Waals surface area contributed by atoms with E-state index in [4.69, 9.17) is 0 Å². The summed E-state index contributed by atoms with van der Waals surface area (Å²) in [6.45, 7) is 4.67. The second-order valence-corrected chi connectivity index (χ2v) is 12.0. The number of carbonyl (C=O) groups is 1. The zero-order valence-electron chi connectivity index (χ0n) is 16.6. The molecule has 0 aromatic carbocycles. The summed E-state index contributed by atoms with van der Waals surface area (Å²) in [5, 5.41) is 4.41. The summed E-state index contributed by atoms with van der Waals surface area (Å²) in [4.78, 5) is 12.6. The lowest BCUT2D eigenvalue weighted by Gasteiger charge is -2.59. The number of ketones is 1. The molecule has 0 N–H and O–H groups in total. The monoisotopic (exact) mass is 390 g/mol. The highest BCUT2D eigenvalue weighted by Crippen LogP contribution is 2.64. The maximum Gasteiger partial charge on any atom is 0.250 e. The van der Waals surface area contributed by atoms with Gasteiger partial charge in [0.05, 0.1) is 11.9 Å². The molecule has 3 fully saturated rings. The third kappa shape index (κ3) is 2.37. The fourth-order valence-corrected chi connectivity index (χ4v) is 8.04. The van der Waals surface area contributed by atoms with Crippen LogP contribution >= 0.6 is 0 Å². The highest BCUT2D eigenvalue weighted by molar-refractivity contribution is 7.89. The van der Waals surface area contributed by atoms with E-state index in [1.807, 2.05) is 0 Å². The van der Waals surface area contributed by atoms with E-state index in [2.05, 4.69) is 18.9 Å². The smallest absolute Gasteiger partial charge is 0.250 e. The van der Waals surface area contributed by atoms with Crippen LogP contribution in [0.25, 0.3) is 0 Å². The van der Waals surface area contributed by atoms with Crippen LogP contribution in [0.3, 0.4) is 0 Å². The minimum absolute atomic E-state index is 0.0780. The Bertz CT molecular complexity index is 920. The van der Waals surface area contributed by atoms with Gasteiger partial charge in [-0.15, -0.1) is 0 Å². The summed E-state index contributed by atoms with van der Waals surface area (Å²) >= 11 is 0. The highest BCUT2D eigenvalue weighted by Gasteiger charge is 2.60. The number of hydrogen-bond donors (Lipinski definition) is 0. The molecule has 148 valence electrons. The molecule has 0 bridgehead atoms. The van der Waals surface area contributed by atoms with E-state index < -0.39 is 10.0 Å². The molecule has 0 spiro atoms. The zero-order valence-corrected chi connectivity index (χ0v) is 17.4. The molecule has 0 radical (unpaired) electrons. The Morgan fingerprint density at radius 2 is 1.93 bits per heavy atom. The van der Waals surface area contributed by atoms with Crippen molar-refractivity contribution in [2.45, 2.75) is 65.2 Å². The molecule has 6 heteroatoms. The van der Waals surface area contributed by atoms with E-state index in [1.165, 1.54) is 23.2 Å². The van der Waals surface area contributed by atoms with E-state index >= 15 is 0 Å². The molecule has 4 aliphatic carbocycles. The standard InChI is InChI=1S/C21H30N2O3S/c1-20-9-8-17-15(16(20)6-7-19(20)24)5-4-14-10-18-13(11-21(14,17)2)12-23(22-18)27(3,25)26/h12,14-17H,4-11H2,1-3H3/t14-,15?,16?,17?,20-,21-/m0/s1. The van der Waals surface area contributed by atoms with Crippen LogP contribution in [0.4, 0.5) is 0 Å². The summed E-state index contributed by atoms with van der Waals surface area (Å²) in [5.41, 5.74) is 2.23. The first-order chi connectivity index (χ1) is 12.6. The van der Waals surface area contributed by atoms with Crippen LogP contribution in [0.15, 0.2) is 6.20 Å². The maximum absolute atomic E-state index is 12.6. The zero-order chi connectivity index (χ0) is 19.2. The SMILES string of the molecule is C[C@]12CCC3C(CC[C@H]4Cc5nn(S(C)(=O)=O)cc5C[C@]34C)C1CCC2=O. The maximum atomic E-state index is 12.6. The van der Waals surface area contributed by atoms with Gasteiger partial charge in [0.1, 0.15) is 5.78 Å². The van der Waals surface area contributed by atoms with Crippen LogP contribution in [-0.2, 0) is 27.7 Å². The number of rotatable bonds is 1. The average molecular weight is 391 g/mol. The number of nitrogens with zero attached hydrogens (tertiary/aromatic N) is 2. The molecule has 5 rings (SSSR count). The second kappa shape index (κ2) is 5.46. The van der Waals surface area contributed by atoms with Crippen molar-refractivity contribution in [3.63, 3.8) is 0 Å². The predicted molar refractivity (Wildman–Crippen MR) is 103 cm³/mol. The first-order valence-electron chi connectivity index (χ1n) is 10.4. The summed E-state index contributed by atoms with van der Waals surface area (Å²) in [6.07, 6.45) is 11.2. The third-order valence-electron chi connectivity index (χ3n) is 8.98. The molecule has 3 saturated carbocycles. The van der Waals surface area contributed by atoms with Crippen molar-refractivity contribution in [1.29, 1.82) is 0 Å². The van der Waals surface area contributed by atoms with Gasteiger partial charge in [-0.25, -0.2) is 8.42 Å². The first-order valence-corrected chi connectivity index (χ1v) is 12.3. The largest absolute Gasteiger partial charge is 0.299 e. The van der Waals surface area contributed by atoms with Crippen LogP contribution in [-0.4, -0.2) is 29.6 Å². The van der Waals surface area contributed by atoms with E-state index in [-0.39, 0.29) is 10.8 Å². The van der Waals surface area contributed by atoms with Crippen LogP contribution in [0.2, 0.25) is 0 Å². The molecule has 0 aliphatic heterocycles. The Morgan fingerprint density at radius 3 is 2.67 bits per heavy atom. The number of fused-ring (bicyclic) bond motifs is 6. The van der Waals surface area contributed by atoms with Crippen LogP contribution < -0.4 is 0 Å². The van der Waals surface area contributed by atoms with Crippen molar-refractivity contribution in [3.05, 3.63) is 17.5 Å². The average Bonchev–Trinajstić information content (AvgIpc) is 3.13. The van der Waals surface area contributed by atoms with Crippen LogP contribution in [0.1, 0.15) is 63.6 Å². The first kappa shape index (κ1) is 17.9. The van der Waals surface area contributed by atoms with Crippen molar-refractivity contribution >= 4 is 15.8 Å². The Balaban J connectivity index is 1.50. The van der Waals surface area contributed by atoms with Gasteiger partial charge in [-0.3, -0.25) is 4.79 Å². The molecule has 4 aliphatic rings. The minimum atomic E-state index is -3.33. The predicted octanol–water partition coefficient (Wildman–Crippen LogP) is 3.22. The van der Waals surface area contributed by atoms with Crippen LogP contribution in [0.5, 0.6) is 0 Å². The summed E-state index contributed by atoms with van der Waals surface area (Å²) in [6, 6.07) is 0. The lowest BCUT2D eigenvalue weighted by Crippen LogP contribution is -2.54. The lowest BCUT2D eigenvalue weighted by molar-refractivity contribution is -0.136. The van der Waals surface area contributed by atoms with E-state index in [0.717, 1.165) is 49.8 Å². The number of carbonyl (C=O) groups excluding carboxylic acids is 1. The van der Waals surface area contributed by atoms with E-state index in [0.29, 0.717) is 29.5 Å². The van der Waals surface area contributed by atoms with Crippen molar-refractivity contribution in [3.8, 4) is 0 Å². The van der Waals surface area contributed by atoms with E-state index in [9.17, 15) is 13.2 Å². The van der Waals surface area contributed by atoms with Gasteiger partial charge in [0.2, 0.25) is 0 Å². The molecule has 0 saturated heterocycles. The molecular formula is C21H30N2O3S. The fraction of sp³-hybridized carbons (Fsp3) is 0.810. The Kier molecular flexibility index (Phi) is 3.62. The molecule has 3 unspecified atom stereocenters. The quantitative estimate of drug-likeness (QED) is 0.738. The minimum Gasteiger partial charge on any atom is -0.299 e. The normalized spacial score (nSPS) is 43.6. The van der Waals surface area contributed by atoms with E-state index in [1.54, 1.807) is 6.20 Å². The van der Waals surface area contributed by atoms with Gasteiger partial charge in [0.15, 0.2) is 0 Å². The number of hydrogen-bond acceptors (Lipinski definition) is 4. The molecule has 0 amide bonds. The molecule has 5 nitrogen and oxygen atoms in total. The van der Waals surface area contributed by atoms with Crippen LogP contribution in [0, 0.1) is 34.5 Å². The summed E-state index contributed by atoms with van der Waals surface area (Å²) in [7, 11) is -3.33. The van der Waals surface area contributed by atoms with Gasteiger partial charge in [0, 0.05) is 18.0 Å². The van der Waals surface area contributed by atoms with Crippen molar-refractivity contribution in [1.82, 2.24) is 9.19 Å².